The van der Waals surface area contributed by atoms with E-state index in [9.17, 15) is 9.59 Å². The number of piperazine rings is 1. The molecule has 1 saturated heterocycles. The van der Waals surface area contributed by atoms with Crippen molar-refractivity contribution in [2.24, 2.45) is 0 Å². The fourth-order valence-corrected chi connectivity index (χ4v) is 6.83. The van der Waals surface area contributed by atoms with Crippen LogP contribution in [0.4, 0.5) is 5.82 Å². The Labute approximate surface area is 260 Å². The monoisotopic (exact) mass is 604 g/mol. The topological polar surface area (TPSA) is 122 Å². The Morgan fingerprint density at radius 3 is 2.73 bits per heavy atom. The number of amides is 1. The lowest BCUT2D eigenvalue weighted by molar-refractivity contribution is -0.126. The van der Waals surface area contributed by atoms with Gasteiger partial charge < -0.3 is 14.5 Å². The predicted octanol–water partition coefficient (Wildman–Crippen LogP) is 4.62. The van der Waals surface area contributed by atoms with Crippen LogP contribution in [0, 0.1) is 13.8 Å². The van der Waals surface area contributed by atoms with Gasteiger partial charge in [0.15, 0.2) is 5.65 Å². The van der Waals surface area contributed by atoms with E-state index in [1.165, 1.54) is 6.08 Å². The number of aromatic amines is 1. The van der Waals surface area contributed by atoms with Gasteiger partial charge in [-0.1, -0.05) is 26.5 Å². The van der Waals surface area contributed by atoms with Crippen LogP contribution >= 0.6 is 0 Å². The molecule has 1 aromatic carbocycles. The molecule has 6 heterocycles. The molecule has 0 aliphatic carbocycles. The first-order chi connectivity index (χ1) is 21.7. The molecule has 0 saturated carbocycles. The molecule has 0 spiro atoms. The van der Waals surface area contributed by atoms with Gasteiger partial charge in [0.25, 0.3) is 0 Å². The third kappa shape index (κ3) is 4.48. The summed E-state index contributed by atoms with van der Waals surface area (Å²) in [4.78, 5) is 45.6. The summed E-state index contributed by atoms with van der Waals surface area (Å²) in [5.41, 5.74) is 7.06. The molecule has 7 rings (SSSR count). The average Bonchev–Trinajstić information content (AvgIpc) is 3.71. The standard InChI is InChI=1S/C34H36N8O3/c1-7-25(43)40-13-14-41(21(6)17-40)32-27-31-22(11-15-45-31)29(26-19(4)8-9-24-23(26)16-36-39-24)37-33(27)42(34(44)38-32)30-20(5)10-12-35-28(30)18(2)3/h7-10,12,16,18,21H,1,11,13-15,17H2,2-6H3,(H,36,39)/t21-/m0/s1. The number of anilines is 1. The lowest BCUT2D eigenvalue weighted by atomic mass is 9.95. The number of nitrogens with zero attached hydrogens (tertiary/aromatic N) is 7. The van der Waals surface area contributed by atoms with Crippen molar-refractivity contribution in [1.29, 1.82) is 0 Å². The Morgan fingerprint density at radius 1 is 1.16 bits per heavy atom. The predicted molar refractivity (Wildman–Crippen MR) is 174 cm³/mol. The van der Waals surface area contributed by atoms with Crippen molar-refractivity contribution in [1.82, 2.24) is 34.6 Å². The van der Waals surface area contributed by atoms with E-state index in [0.29, 0.717) is 61.0 Å². The van der Waals surface area contributed by atoms with Gasteiger partial charge in [0.2, 0.25) is 5.91 Å². The summed E-state index contributed by atoms with van der Waals surface area (Å²) in [7, 11) is 0. The van der Waals surface area contributed by atoms with Crippen LogP contribution in [-0.4, -0.2) is 72.8 Å². The summed E-state index contributed by atoms with van der Waals surface area (Å²) in [6, 6.07) is 5.87. The first kappa shape index (κ1) is 28.7. The number of ether oxygens (including phenoxy) is 1. The Balaban J connectivity index is 1.58. The largest absolute Gasteiger partial charge is 0.492 e. The minimum absolute atomic E-state index is 0.0455. The maximum atomic E-state index is 14.4. The third-order valence-corrected chi connectivity index (χ3v) is 9.03. The summed E-state index contributed by atoms with van der Waals surface area (Å²) in [5.74, 6) is 1.15. The number of carbonyl (C=O) groups excluding carboxylic acids is 1. The second-order valence-electron chi connectivity index (χ2n) is 12.3. The van der Waals surface area contributed by atoms with Crippen LogP contribution in [0.3, 0.4) is 0 Å². The molecule has 11 nitrogen and oxygen atoms in total. The summed E-state index contributed by atoms with van der Waals surface area (Å²) in [5, 5.41) is 9.05. The number of H-pyrrole nitrogens is 1. The van der Waals surface area contributed by atoms with E-state index in [1.54, 1.807) is 15.7 Å². The van der Waals surface area contributed by atoms with Gasteiger partial charge in [-0.05, 0) is 56.0 Å². The number of hydrogen-bond acceptors (Lipinski definition) is 8. The fourth-order valence-electron chi connectivity index (χ4n) is 6.83. The van der Waals surface area contributed by atoms with E-state index in [0.717, 1.165) is 44.5 Å². The Hall–Kier alpha value is -5.06. The molecule has 11 heteroatoms. The van der Waals surface area contributed by atoms with Crippen LogP contribution in [0.25, 0.3) is 38.9 Å². The molecule has 4 aromatic heterocycles. The van der Waals surface area contributed by atoms with E-state index in [1.807, 2.05) is 32.2 Å². The molecule has 2 aliphatic rings. The highest BCUT2D eigenvalue weighted by atomic mass is 16.5. The highest BCUT2D eigenvalue weighted by Gasteiger charge is 2.34. The van der Waals surface area contributed by atoms with Crippen LogP contribution in [0.15, 0.2) is 48.0 Å². The lowest BCUT2D eigenvalue weighted by Gasteiger charge is -2.40. The summed E-state index contributed by atoms with van der Waals surface area (Å²) >= 11 is 0. The molecule has 45 heavy (non-hydrogen) atoms. The zero-order valence-corrected chi connectivity index (χ0v) is 26.2. The summed E-state index contributed by atoms with van der Waals surface area (Å²) < 4.78 is 8.07. The van der Waals surface area contributed by atoms with Gasteiger partial charge in [-0.3, -0.25) is 14.9 Å². The van der Waals surface area contributed by atoms with Gasteiger partial charge in [0.1, 0.15) is 17.0 Å². The number of rotatable bonds is 5. The zero-order chi connectivity index (χ0) is 31.6. The minimum atomic E-state index is -0.443. The second kappa shape index (κ2) is 10.8. The molecule has 1 N–H and O–H groups in total. The highest BCUT2D eigenvalue weighted by Crippen LogP contribution is 2.45. The van der Waals surface area contributed by atoms with Crippen LogP contribution in [-0.2, 0) is 11.2 Å². The fraction of sp³-hybridized carbons (Fsp3) is 0.353. The van der Waals surface area contributed by atoms with E-state index >= 15 is 0 Å². The number of pyridine rings is 2. The Bertz CT molecular complexity index is 2080. The van der Waals surface area contributed by atoms with E-state index in [-0.39, 0.29) is 17.9 Å². The van der Waals surface area contributed by atoms with Gasteiger partial charge in [0.05, 0.1) is 35.4 Å². The molecule has 5 aromatic rings. The SMILES string of the molecule is C=CC(=O)N1CCN(c2nc(=O)n(-c3c(C)ccnc3C(C)C)c3nc(-c4c(C)ccc5[nH]ncc45)c4c(c23)OCC4)[C@@H](C)C1. The van der Waals surface area contributed by atoms with Crippen LogP contribution in [0.2, 0.25) is 0 Å². The van der Waals surface area contributed by atoms with Gasteiger partial charge in [-0.2, -0.15) is 10.1 Å². The summed E-state index contributed by atoms with van der Waals surface area (Å²) in [6.07, 6.45) is 5.61. The maximum absolute atomic E-state index is 14.4. The Morgan fingerprint density at radius 2 is 1.98 bits per heavy atom. The van der Waals surface area contributed by atoms with E-state index in [2.05, 4.69) is 48.5 Å². The third-order valence-electron chi connectivity index (χ3n) is 9.03. The van der Waals surface area contributed by atoms with Crippen molar-refractivity contribution >= 4 is 33.7 Å². The molecule has 1 atom stereocenters. The smallest absolute Gasteiger partial charge is 0.355 e. The van der Waals surface area contributed by atoms with Crippen molar-refractivity contribution in [3.05, 3.63) is 76.1 Å². The molecule has 1 fully saturated rings. The number of aromatic nitrogens is 6. The van der Waals surface area contributed by atoms with Gasteiger partial charge in [-0.15, -0.1) is 0 Å². The molecule has 0 bridgehead atoms. The van der Waals surface area contributed by atoms with Gasteiger partial charge in [0, 0.05) is 54.8 Å². The summed E-state index contributed by atoms with van der Waals surface area (Å²) in [6.45, 7) is 15.8. The molecule has 230 valence electrons. The number of fused-ring (bicyclic) bond motifs is 4. The van der Waals surface area contributed by atoms with Gasteiger partial charge >= 0.3 is 5.69 Å². The van der Waals surface area contributed by atoms with Crippen molar-refractivity contribution < 1.29 is 9.53 Å². The van der Waals surface area contributed by atoms with Crippen molar-refractivity contribution in [3.63, 3.8) is 0 Å². The van der Waals surface area contributed by atoms with Crippen LogP contribution in [0.5, 0.6) is 5.75 Å². The molecule has 2 aliphatic heterocycles. The van der Waals surface area contributed by atoms with Crippen molar-refractivity contribution in [2.75, 3.05) is 31.1 Å². The average molecular weight is 605 g/mol. The number of benzene rings is 1. The molecule has 0 unspecified atom stereocenters. The minimum Gasteiger partial charge on any atom is -0.492 e. The normalized spacial score (nSPS) is 16.4. The van der Waals surface area contributed by atoms with Crippen LogP contribution in [0.1, 0.15) is 49.1 Å². The first-order valence-electron chi connectivity index (χ1n) is 15.4. The van der Waals surface area contributed by atoms with Crippen molar-refractivity contribution in [3.8, 4) is 22.7 Å². The maximum Gasteiger partial charge on any atom is 0.355 e. The van der Waals surface area contributed by atoms with Crippen LogP contribution < -0.4 is 15.3 Å². The van der Waals surface area contributed by atoms with Gasteiger partial charge in [-0.25, -0.2) is 14.3 Å². The molecular formula is C34H36N8O3. The second-order valence-corrected chi connectivity index (χ2v) is 12.3. The quantitative estimate of drug-likeness (QED) is 0.289. The zero-order valence-electron chi connectivity index (χ0n) is 26.2. The number of hydrogen-bond donors (Lipinski definition) is 1. The first-order valence-corrected chi connectivity index (χ1v) is 15.4. The number of nitrogens with one attached hydrogen (secondary N) is 1. The molecular weight excluding hydrogens is 568 g/mol. The van der Waals surface area contributed by atoms with E-state index in [4.69, 9.17) is 19.7 Å². The van der Waals surface area contributed by atoms with E-state index < -0.39 is 5.69 Å². The molecule has 0 radical (unpaired) electrons. The Kier molecular flexibility index (Phi) is 6.91. The highest BCUT2D eigenvalue weighted by molar-refractivity contribution is 6.02. The number of aryl methyl sites for hydroxylation is 2. The molecule has 1 amide bonds. The lowest BCUT2D eigenvalue weighted by Crippen LogP contribution is -2.54. The number of carbonyl (C=O) groups is 1. The van der Waals surface area contributed by atoms with Crippen molar-refractivity contribution in [2.45, 2.75) is 53.0 Å².